The van der Waals surface area contributed by atoms with Crippen LogP contribution in [0.4, 0.5) is 0 Å². The lowest BCUT2D eigenvalue weighted by Gasteiger charge is -2.08. The first-order valence-electron chi connectivity index (χ1n) is 7.01. The number of carbonyl (C=O) groups is 1. The van der Waals surface area contributed by atoms with Gasteiger partial charge in [-0.3, -0.25) is 4.98 Å². The first kappa shape index (κ1) is 15.3. The van der Waals surface area contributed by atoms with Gasteiger partial charge < -0.3 is 9.47 Å². The van der Waals surface area contributed by atoms with E-state index >= 15 is 0 Å². The highest BCUT2D eigenvalue weighted by atomic mass is 35.5. The van der Waals surface area contributed by atoms with Gasteiger partial charge in [0.25, 0.3) is 0 Å². The van der Waals surface area contributed by atoms with Gasteiger partial charge in [0.2, 0.25) is 0 Å². The van der Waals surface area contributed by atoms with E-state index < -0.39 is 5.97 Å². The zero-order valence-electron chi connectivity index (χ0n) is 12.5. The Hall–Kier alpha value is -2.59. The van der Waals surface area contributed by atoms with Gasteiger partial charge in [-0.1, -0.05) is 23.7 Å². The van der Waals surface area contributed by atoms with Gasteiger partial charge in [-0.05, 0) is 35.9 Å². The Balaban J connectivity index is 1.79. The fourth-order valence-corrected chi connectivity index (χ4v) is 2.43. The van der Waals surface area contributed by atoms with Crippen molar-refractivity contribution in [3.05, 3.63) is 70.9 Å². The maximum absolute atomic E-state index is 11.5. The zero-order valence-corrected chi connectivity index (χ0v) is 13.2. The SMILES string of the molecule is COC(=O)c1cnc2cc(OCc3cccc(Cl)c3)ccc2c1. The van der Waals surface area contributed by atoms with E-state index in [1.54, 1.807) is 6.07 Å². The van der Waals surface area contributed by atoms with E-state index in [1.807, 2.05) is 42.5 Å². The minimum absolute atomic E-state index is 0.402. The highest BCUT2D eigenvalue weighted by Gasteiger charge is 2.07. The summed E-state index contributed by atoms with van der Waals surface area (Å²) < 4.78 is 10.5. The molecule has 2 aromatic carbocycles. The minimum Gasteiger partial charge on any atom is -0.489 e. The smallest absolute Gasteiger partial charge is 0.339 e. The van der Waals surface area contributed by atoms with E-state index in [2.05, 4.69) is 4.98 Å². The van der Waals surface area contributed by atoms with Crippen molar-refractivity contribution in [3.63, 3.8) is 0 Å². The van der Waals surface area contributed by atoms with Crippen LogP contribution in [0.25, 0.3) is 10.9 Å². The molecule has 1 heterocycles. The van der Waals surface area contributed by atoms with Crippen molar-refractivity contribution in [2.24, 2.45) is 0 Å². The number of nitrogens with zero attached hydrogens (tertiary/aromatic N) is 1. The first-order chi connectivity index (χ1) is 11.2. The third-order valence-electron chi connectivity index (χ3n) is 3.37. The van der Waals surface area contributed by atoms with Gasteiger partial charge in [0.15, 0.2) is 0 Å². The van der Waals surface area contributed by atoms with E-state index in [0.29, 0.717) is 22.9 Å². The van der Waals surface area contributed by atoms with Gasteiger partial charge in [-0.15, -0.1) is 0 Å². The quantitative estimate of drug-likeness (QED) is 0.672. The molecular formula is C18H14ClNO3. The number of esters is 1. The fourth-order valence-electron chi connectivity index (χ4n) is 2.21. The highest BCUT2D eigenvalue weighted by molar-refractivity contribution is 6.30. The second-order valence-corrected chi connectivity index (χ2v) is 5.43. The van der Waals surface area contributed by atoms with Crippen molar-refractivity contribution in [2.45, 2.75) is 6.61 Å². The first-order valence-corrected chi connectivity index (χ1v) is 7.39. The van der Waals surface area contributed by atoms with Gasteiger partial charge in [0.05, 0.1) is 18.2 Å². The number of carbonyl (C=O) groups excluding carboxylic acids is 1. The van der Waals surface area contributed by atoms with Crippen LogP contribution in [-0.4, -0.2) is 18.1 Å². The summed E-state index contributed by atoms with van der Waals surface area (Å²) >= 11 is 5.95. The lowest BCUT2D eigenvalue weighted by atomic mass is 10.1. The molecule has 0 atom stereocenters. The van der Waals surface area contributed by atoms with Crippen molar-refractivity contribution >= 4 is 28.5 Å². The number of pyridine rings is 1. The van der Waals surface area contributed by atoms with Gasteiger partial charge >= 0.3 is 5.97 Å². The lowest BCUT2D eigenvalue weighted by Crippen LogP contribution is -2.01. The molecule has 0 saturated heterocycles. The van der Waals surface area contributed by atoms with Crippen LogP contribution in [0.3, 0.4) is 0 Å². The maximum Gasteiger partial charge on any atom is 0.339 e. The number of halogens is 1. The maximum atomic E-state index is 11.5. The molecule has 0 saturated carbocycles. The van der Waals surface area contributed by atoms with Crippen molar-refractivity contribution in [3.8, 4) is 5.75 Å². The molecule has 1 aromatic heterocycles. The summed E-state index contributed by atoms with van der Waals surface area (Å²) in [6.45, 7) is 0.423. The third-order valence-corrected chi connectivity index (χ3v) is 3.61. The van der Waals surface area contributed by atoms with Crippen LogP contribution in [0.2, 0.25) is 5.02 Å². The summed E-state index contributed by atoms with van der Waals surface area (Å²) in [7, 11) is 1.35. The van der Waals surface area contributed by atoms with E-state index in [1.165, 1.54) is 13.3 Å². The number of benzene rings is 2. The van der Waals surface area contributed by atoms with Crippen LogP contribution in [0.5, 0.6) is 5.75 Å². The van der Waals surface area contributed by atoms with Gasteiger partial charge in [-0.2, -0.15) is 0 Å². The van der Waals surface area contributed by atoms with Crippen molar-refractivity contribution < 1.29 is 14.3 Å². The Kier molecular flexibility index (Phi) is 4.44. The number of rotatable bonds is 4. The van der Waals surface area contributed by atoms with Gasteiger partial charge in [0, 0.05) is 22.7 Å². The molecule has 5 heteroatoms. The molecule has 0 fully saturated rings. The number of methoxy groups -OCH3 is 1. The standard InChI is InChI=1S/C18H14ClNO3/c1-22-18(21)14-8-13-5-6-16(9-17(13)20-10-14)23-11-12-3-2-4-15(19)7-12/h2-10H,11H2,1H3. The molecule has 0 unspecified atom stereocenters. The summed E-state index contributed by atoms with van der Waals surface area (Å²) in [4.78, 5) is 15.8. The van der Waals surface area contributed by atoms with Crippen molar-refractivity contribution in [1.29, 1.82) is 0 Å². The number of aromatic nitrogens is 1. The summed E-state index contributed by atoms with van der Waals surface area (Å²) in [5.74, 6) is 0.302. The van der Waals surface area contributed by atoms with E-state index in [0.717, 1.165) is 16.5 Å². The van der Waals surface area contributed by atoms with Crippen LogP contribution in [0.1, 0.15) is 15.9 Å². The Labute approximate surface area is 138 Å². The second kappa shape index (κ2) is 6.67. The van der Waals surface area contributed by atoms with Crippen LogP contribution in [-0.2, 0) is 11.3 Å². The predicted molar refractivity (Wildman–Crippen MR) is 88.9 cm³/mol. The Bertz CT molecular complexity index is 864. The third kappa shape index (κ3) is 3.60. The van der Waals surface area contributed by atoms with Gasteiger partial charge in [0.1, 0.15) is 12.4 Å². The normalized spacial score (nSPS) is 10.5. The summed E-state index contributed by atoms with van der Waals surface area (Å²) in [6, 6.07) is 14.8. The average Bonchev–Trinajstić information content (AvgIpc) is 2.58. The molecule has 0 aliphatic heterocycles. The van der Waals surface area contributed by atoms with Crippen LogP contribution >= 0.6 is 11.6 Å². The number of hydrogen-bond acceptors (Lipinski definition) is 4. The molecule has 3 aromatic rings. The number of fused-ring (bicyclic) bond motifs is 1. The molecule has 0 amide bonds. The molecule has 23 heavy (non-hydrogen) atoms. The number of ether oxygens (including phenoxy) is 2. The molecule has 0 aliphatic carbocycles. The molecule has 0 spiro atoms. The molecule has 116 valence electrons. The van der Waals surface area contributed by atoms with Crippen LogP contribution in [0, 0.1) is 0 Å². The number of hydrogen-bond donors (Lipinski definition) is 0. The zero-order chi connectivity index (χ0) is 16.2. The topological polar surface area (TPSA) is 48.4 Å². The summed E-state index contributed by atoms with van der Waals surface area (Å²) in [5, 5.41) is 1.53. The average molecular weight is 328 g/mol. The predicted octanol–water partition coefficient (Wildman–Crippen LogP) is 4.25. The van der Waals surface area contributed by atoms with E-state index in [9.17, 15) is 4.79 Å². The summed E-state index contributed by atoms with van der Waals surface area (Å²) in [6.07, 6.45) is 1.49. The van der Waals surface area contributed by atoms with Gasteiger partial charge in [-0.25, -0.2) is 4.79 Å². The van der Waals surface area contributed by atoms with E-state index in [-0.39, 0.29) is 0 Å². The molecule has 0 bridgehead atoms. The van der Waals surface area contributed by atoms with Crippen LogP contribution < -0.4 is 4.74 Å². The second-order valence-electron chi connectivity index (χ2n) is 4.99. The largest absolute Gasteiger partial charge is 0.489 e. The summed E-state index contributed by atoms with van der Waals surface area (Å²) in [5.41, 5.74) is 2.17. The Morgan fingerprint density at radius 1 is 1.17 bits per heavy atom. The highest BCUT2D eigenvalue weighted by Crippen LogP contribution is 2.21. The molecule has 0 radical (unpaired) electrons. The fraction of sp³-hybridized carbons (Fsp3) is 0.111. The molecule has 3 rings (SSSR count). The van der Waals surface area contributed by atoms with E-state index in [4.69, 9.17) is 21.1 Å². The Morgan fingerprint density at radius 2 is 2.04 bits per heavy atom. The molecule has 0 aliphatic rings. The minimum atomic E-state index is -0.402. The Morgan fingerprint density at radius 3 is 2.83 bits per heavy atom. The molecule has 4 nitrogen and oxygen atoms in total. The lowest BCUT2D eigenvalue weighted by molar-refractivity contribution is 0.0600. The monoisotopic (exact) mass is 327 g/mol. The van der Waals surface area contributed by atoms with Crippen molar-refractivity contribution in [2.75, 3.05) is 7.11 Å². The molecular weight excluding hydrogens is 314 g/mol. The molecule has 0 N–H and O–H groups in total. The van der Waals surface area contributed by atoms with Crippen LogP contribution in [0.15, 0.2) is 54.7 Å². The van der Waals surface area contributed by atoms with Crippen molar-refractivity contribution in [1.82, 2.24) is 4.98 Å².